The first-order valence-corrected chi connectivity index (χ1v) is 10.6. The maximum absolute atomic E-state index is 10.2. The molecule has 200 valence electrons. The summed E-state index contributed by atoms with van der Waals surface area (Å²) in [7, 11) is 0. The third-order valence-electron chi connectivity index (χ3n) is 6.05. The first kappa shape index (κ1) is 27.9. The second-order valence-corrected chi connectivity index (χ2v) is 8.42. The molecule has 0 aromatic rings. The fraction of sp³-hybridized carbons (Fsp3) is 1.00. The molecule has 16 nitrogen and oxygen atoms in total. The molecule has 0 radical (unpaired) electrons. The summed E-state index contributed by atoms with van der Waals surface area (Å²) in [5.74, 6) is 0. The molecular formula is C18H32O16. The van der Waals surface area contributed by atoms with Crippen LogP contribution < -0.4 is 0 Å². The van der Waals surface area contributed by atoms with Gasteiger partial charge in [0.1, 0.15) is 73.2 Å². The van der Waals surface area contributed by atoms with E-state index < -0.39 is 112 Å². The molecule has 3 heterocycles. The molecule has 11 N–H and O–H groups in total. The summed E-state index contributed by atoms with van der Waals surface area (Å²) in [6.07, 6.45) is -24.4. The third kappa shape index (κ3) is 5.68. The van der Waals surface area contributed by atoms with Gasteiger partial charge >= 0.3 is 0 Å². The molecule has 0 bridgehead atoms. The van der Waals surface area contributed by atoms with Crippen LogP contribution in [0.4, 0.5) is 0 Å². The summed E-state index contributed by atoms with van der Waals surface area (Å²) < 4.78 is 26.1. The Labute approximate surface area is 192 Å². The summed E-state index contributed by atoms with van der Waals surface area (Å²) >= 11 is 0. The topological polar surface area (TPSA) is 269 Å². The second kappa shape index (κ2) is 11.6. The van der Waals surface area contributed by atoms with E-state index in [0.717, 1.165) is 0 Å². The summed E-state index contributed by atoms with van der Waals surface area (Å²) in [5.41, 5.74) is 0. The Morgan fingerprint density at radius 1 is 0.441 bits per heavy atom. The van der Waals surface area contributed by atoms with Crippen LogP contribution in [0, 0.1) is 0 Å². The van der Waals surface area contributed by atoms with Crippen LogP contribution in [0.3, 0.4) is 0 Å². The van der Waals surface area contributed by atoms with E-state index in [-0.39, 0.29) is 0 Å². The van der Waals surface area contributed by atoms with Crippen molar-refractivity contribution in [2.45, 2.75) is 92.1 Å². The number of aliphatic hydroxyl groups excluding tert-OH is 11. The van der Waals surface area contributed by atoms with E-state index in [2.05, 4.69) is 0 Å². The van der Waals surface area contributed by atoms with Gasteiger partial charge < -0.3 is 79.9 Å². The van der Waals surface area contributed by atoms with Gasteiger partial charge in [-0.2, -0.15) is 0 Å². The van der Waals surface area contributed by atoms with E-state index in [1.165, 1.54) is 0 Å². The van der Waals surface area contributed by atoms with Crippen molar-refractivity contribution in [3.8, 4) is 0 Å². The molecule has 3 aliphatic rings. The van der Waals surface area contributed by atoms with Gasteiger partial charge in [-0.1, -0.05) is 0 Å². The molecule has 34 heavy (non-hydrogen) atoms. The summed E-state index contributed by atoms with van der Waals surface area (Å²) in [5, 5.41) is 108. The van der Waals surface area contributed by atoms with Crippen LogP contribution in [0.25, 0.3) is 0 Å². The van der Waals surface area contributed by atoms with Crippen molar-refractivity contribution in [3.63, 3.8) is 0 Å². The van der Waals surface area contributed by atoms with Crippen LogP contribution in [0.15, 0.2) is 0 Å². The predicted molar refractivity (Wildman–Crippen MR) is 101 cm³/mol. The molecule has 0 aromatic heterocycles. The van der Waals surface area contributed by atoms with Crippen LogP contribution in [-0.4, -0.2) is 168 Å². The minimum Gasteiger partial charge on any atom is -0.394 e. The zero-order chi connectivity index (χ0) is 25.3. The van der Waals surface area contributed by atoms with Gasteiger partial charge in [0.15, 0.2) is 18.9 Å². The Morgan fingerprint density at radius 3 is 1.29 bits per heavy atom. The van der Waals surface area contributed by atoms with Gasteiger partial charge in [0.2, 0.25) is 0 Å². The summed E-state index contributed by atoms with van der Waals surface area (Å²) in [6.45, 7) is -1.84. The van der Waals surface area contributed by atoms with Crippen molar-refractivity contribution in [3.05, 3.63) is 0 Å². The van der Waals surface area contributed by atoms with Crippen molar-refractivity contribution in [2.75, 3.05) is 19.8 Å². The fourth-order valence-corrected chi connectivity index (χ4v) is 3.84. The normalized spacial score (nSPS) is 52.5. The predicted octanol–water partition coefficient (Wildman–Crippen LogP) is -7.57. The number of hydrogen-bond donors (Lipinski definition) is 11. The van der Waals surface area contributed by atoms with Gasteiger partial charge in [-0.05, 0) is 0 Å². The van der Waals surface area contributed by atoms with Crippen LogP contribution >= 0.6 is 0 Å². The largest absolute Gasteiger partial charge is 0.394 e. The maximum Gasteiger partial charge on any atom is 0.186 e. The van der Waals surface area contributed by atoms with E-state index in [4.69, 9.17) is 23.7 Å². The van der Waals surface area contributed by atoms with Crippen molar-refractivity contribution < 1.29 is 79.9 Å². The lowest BCUT2D eigenvalue weighted by atomic mass is 9.98. The van der Waals surface area contributed by atoms with Crippen molar-refractivity contribution in [1.29, 1.82) is 0 Å². The van der Waals surface area contributed by atoms with Crippen LogP contribution in [-0.2, 0) is 23.7 Å². The maximum atomic E-state index is 10.2. The van der Waals surface area contributed by atoms with Gasteiger partial charge in [-0.3, -0.25) is 0 Å². The lowest BCUT2D eigenvalue weighted by Gasteiger charge is -2.43. The Hall–Kier alpha value is -0.640. The lowest BCUT2D eigenvalue weighted by Crippen LogP contribution is -2.62. The molecule has 0 saturated carbocycles. The van der Waals surface area contributed by atoms with Gasteiger partial charge in [-0.15, -0.1) is 0 Å². The molecule has 15 atom stereocenters. The Kier molecular flexibility index (Phi) is 9.54. The molecule has 0 aliphatic carbocycles. The standard InChI is InChI=1S/C18H32O16/c19-1-4-7(20)11(24)14(27)17(33-4)31-3-6-9(22)12(25)15(28)18(34-6)30-2-5-8(21)10(23)13(26)16(29)32-5/h4-29H,1-3H2/t4-,5-,6-,7-,8-,9-,10+,11+,12+,13-,14-,15-,16?,17-,18?/m1/s1. The highest BCUT2D eigenvalue weighted by molar-refractivity contribution is 4.92. The van der Waals surface area contributed by atoms with E-state index >= 15 is 0 Å². The first-order valence-electron chi connectivity index (χ1n) is 10.6. The smallest absolute Gasteiger partial charge is 0.186 e. The Bertz CT molecular complexity index is 639. The second-order valence-electron chi connectivity index (χ2n) is 8.42. The fourth-order valence-electron chi connectivity index (χ4n) is 3.84. The van der Waals surface area contributed by atoms with Gasteiger partial charge in [0.05, 0.1) is 19.8 Å². The van der Waals surface area contributed by atoms with E-state index in [0.29, 0.717) is 0 Å². The number of aliphatic hydroxyl groups is 11. The molecule has 16 heteroatoms. The van der Waals surface area contributed by atoms with Crippen LogP contribution in [0.1, 0.15) is 0 Å². The average molecular weight is 504 g/mol. The average Bonchev–Trinajstić information content (AvgIpc) is 2.82. The van der Waals surface area contributed by atoms with E-state index in [1.54, 1.807) is 0 Å². The number of rotatable bonds is 7. The van der Waals surface area contributed by atoms with Crippen LogP contribution in [0.5, 0.6) is 0 Å². The zero-order valence-electron chi connectivity index (χ0n) is 17.7. The van der Waals surface area contributed by atoms with Crippen molar-refractivity contribution in [2.24, 2.45) is 0 Å². The number of ether oxygens (including phenoxy) is 5. The molecule has 2 unspecified atom stereocenters. The number of hydrogen-bond acceptors (Lipinski definition) is 16. The highest BCUT2D eigenvalue weighted by Gasteiger charge is 2.48. The Balaban J connectivity index is 1.58. The van der Waals surface area contributed by atoms with Crippen molar-refractivity contribution >= 4 is 0 Å². The van der Waals surface area contributed by atoms with Crippen molar-refractivity contribution in [1.82, 2.24) is 0 Å². The molecule has 3 saturated heterocycles. The summed E-state index contributed by atoms with van der Waals surface area (Å²) in [4.78, 5) is 0. The molecule has 0 amide bonds. The molecule has 3 rings (SSSR count). The van der Waals surface area contributed by atoms with E-state index in [9.17, 15) is 56.2 Å². The molecule has 0 spiro atoms. The van der Waals surface area contributed by atoms with E-state index in [1.807, 2.05) is 0 Å². The highest BCUT2D eigenvalue weighted by atomic mass is 16.7. The summed E-state index contributed by atoms with van der Waals surface area (Å²) in [6, 6.07) is 0. The van der Waals surface area contributed by atoms with Crippen LogP contribution in [0.2, 0.25) is 0 Å². The van der Waals surface area contributed by atoms with Gasteiger partial charge in [0, 0.05) is 0 Å². The minimum atomic E-state index is -1.82. The van der Waals surface area contributed by atoms with Gasteiger partial charge in [-0.25, -0.2) is 0 Å². The molecule has 0 aromatic carbocycles. The zero-order valence-corrected chi connectivity index (χ0v) is 17.7. The first-order chi connectivity index (χ1) is 16.0. The lowest BCUT2D eigenvalue weighted by molar-refractivity contribution is -0.340. The molecular weight excluding hydrogens is 472 g/mol. The molecule has 3 fully saturated rings. The minimum absolute atomic E-state index is 0.570. The third-order valence-corrected chi connectivity index (χ3v) is 6.05. The SMILES string of the molecule is OC[C@H]1O[C@@H](OC[C@H]2OC(OC[C@H]3OC(O)[C@H](O)[C@@H](O)[C@@H]3O)[C@H](O)[C@@H](O)[C@@H]2O)[C@H](O)[C@@H](O)[C@@H]1O. The highest BCUT2D eigenvalue weighted by Crippen LogP contribution is 2.27. The molecule has 3 aliphatic heterocycles. The monoisotopic (exact) mass is 504 g/mol. The Morgan fingerprint density at radius 2 is 0.824 bits per heavy atom. The quantitative estimate of drug-likeness (QED) is 0.154. The van der Waals surface area contributed by atoms with Gasteiger partial charge in [0.25, 0.3) is 0 Å².